The van der Waals surface area contributed by atoms with E-state index >= 15 is 0 Å². The van der Waals surface area contributed by atoms with E-state index in [0.29, 0.717) is 15.6 Å². The minimum Gasteiger partial charge on any atom is -0.361 e. The Morgan fingerprint density at radius 1 is 1.10 bits per heavy atom. The van der Waals surface area contributed by atoms with Gasteiger partial charge in [-0.1, -0.05) is 41.4 Å². The lowest BCUT2D eigenvalue weighted by Crippen LogP contribution is -2.38. The van der Waals surface area contributed by atoms with Gasteiger partial charge in [0.1, 0.15) is 6.17 Å². The van der Waals surface area contributed by atoms with Crippen LogP contribution in [0.25, 0.3) is 0 Å². The molecular formula is C15H12Cl2N2O. The fourth-order valence-corrected chi connectivity index (χ4v) is 2.85. The molecule has 2 aromatic rings. The highest BCUT2D eigenvalue weighted by Gasteiger charge is 2.26. The highest BCUT2D eigenvalue weighted by Crippen LogP contribution is 2.32. The maximum absolute atomic E-state index is 12.2. The van der Waals surface area contributed by atoms with Crippen LogP contribution < -0.4 is 10.6 Å². The SMILES string of the molecule is Cc1cccc2c1NC(c1ccc(Cl)cc1Cl)NC2=O. The number of rotatable bonds is 1. The second kappa shape index (κ2) is 5.00. The summed E-state index contributed by atoms with van der Waals surface area (Å²) in [5.41, 5.74) is 3.30. The quantitative estimate of drug-likeness (QED) is 0.831. The van der Waals surface area contributed by atoms with Gasteiger partial charge in [-0.25, -0.2) is 0 Å². The van der Waals surface area contributed by atoms with Crippen molar-refractivity contribution in [2.75, 3.05) is 5.32 Å². The molecule has 5 heteroatoms. The molecule has 0 bridgehead atoms. The van der Waals surface area contributed by atoms with Crippen LogP contribution in [0.1, 0.15) is 27.7 Å². The summed E-state index contributed by atoms with van der Waals surface area (Å²) in [6, 6.07) is 10.9. The monoisotopic (exact) mass is 306 g/mol. The summed E-state index contributed by atoms with van der Waals surface area (Å²) >= 11 is 12.1. The van der Waals surface area contributed by atoms with Crippen molar-refractivity contribution in [2.24, 2.45) is 0 Å². The maximum atomic E-state index is 12.2. The van der Waals surface area contributed by atoms with Crippen LogP contribution in [0.15, 0.2) is 36.4 Å². The maximum Gasteiger partial charge on any atom is 0.255 e. The lowest BCUT2D eigenvalue weighted by atomic mass is 10.0. The second-order valence-corrected chi connectivity index (χ2v) is 5.56. The standard InChI is InChI=1S/C15H12Cl2N2O/c1-8-3-2-4-11-13(8)18-14(19-15(11)20)10-6-5-9(16)7-12(10)17/h2-7,14,18H,1H3,(H,19,20). The molecular weight excluding hydrogens is 295 g/mol. The third-order valence-corrected chi connectivity index (χ3v) is 3.92. The number of fused-ring (bicyclic) bond motifs is 1. The van der Waals surface area contributed by atoms with E-state index in [1.54, 1.807) is 18.2 Å². The smallest absolute Gasteiger partial charge is 0.255 e. The van der Waals surface area contributed by atoms with E-state index in [0.717, 1.165) is 16.8 Å². The summed E-state index contributed by atoms with van der Waals surface area (Å²) in [6.07, 6.45) is -0.360. The van der Waals surface area contributed by atoms with Crippen molar-refractivity contribution in [2.45, 2.75) is 13.1 Å². The van der Waals surface area contributed by atoms with Gasteiger partial charge in [-0.2, -0.15) is 0 Å². The van der Waals surface area contributed by atoms with Crippen LogP contribution in [0, 0.1) is 6.92 Å². The van der Waals surface area contributed by atoms with Gasteiger partial charge in [0.05, 0.1) is 11.3 Å². The van der Waals surface area contributed by atoms with Gasteiger partial charge >= 0.3 is 0 Å². The van der Waals surface area contributed by atoms with E-state index < -0.39 is 0 Å². The Hall–Kier alpha value is -1.71. The summed E-state index contributed by atoms with van der Waals surface area (Å²) < 4.78 is 0. The average Bonchev–Trinajstić information content (AvgIpc) is 2.40. The molecule has 1 atom stereocenters. The number of amides is 1. The van der Waals surface area contributed by atoms with Crippen LogP contribution in [0.4, 0.5) is 5.69 Å². The molecule has 1 amide bonds. The van der Waals surface area contributed by atoms with Crippen molar-refractivity contribution in [1.29, 1.82) is 0 Å². The first-order chi connectivity index (χ1) is 9.56. The minimum atomic E-state index is -0.360. The van der Waals surface area contributed by atoms with Gasteiger partial charge in [0, 0.05) is 15.6 Å². The molecule has 1 heterocycles. The zero-order valence-corrected chi connectivity index (χ0v) is 12.2. The first-order valence-electron chi connectivity index (χ1n) is 6.18. The molecule has 2 aromatic carbocycles. The fraction of sp³-hybridized carbons (Fsp3) is 0.133. The highest BCUT2D eigenvalue weighted by molar-refractivity contribution is 6.35. The number of nitrogens with one attached hydrogen (secondary N) is 2. The van der Waals surface area contributed by atoms with Gasteiger partial charge in [-0.05, 0) is 30.7 Å². The molecule has 0 saturated carbocycles. The van der Waals surface area contributed by atoms with Crippen LogP contribution in [0.2, 0.25) is 10.0 Å². The van der Waals surface area contributed by atoms with Gasteiger partial charge in [-0.3, -0.25) is 4.79 Å². The van der Waals surface area contributed by atoms with E-state index in [4.69, 9.17) is 23.2 Å². The van der Waals surface area contributed by atoms with E-state index in [1.165, 1.54) is 0 Å². The van der Waals surface area contributed by atoms with Crippen LogP contribution in [-0.2, 0) is 0 Å². The predicted octanol–water partition coefficient (Wildman–Crippen LogP) is 4.16. The van der Waals surface area contributed by atoms with E-state index in [9.17, 15) is 4.79 Å². The van der Waals surface area contributed by atoms with Crippen molar-refractivity contribution in [3.8, 4) is 0 Å². The zero-order valence-electron chi connectivity index (χ0n) is 10.7. The minimum absolute atomic E-state index is 0.113. The number of para-hydroxylation sites is 1. The van der Waals surface area contributed by atoms with Crippen molar-refractivity contribution in [3.05, 3.63) is 63.1 Å². The molecule has 3 nitrogen and oxygen atoms in total. The van der Waals surface area contributed by atoms with Crippen molar-refractivity contribution >= 4 is 34.8 Å². The molecule has 1 aliphatic rings. The van der Waals surface area contributed by atoms with E-state index in [2.05, 4.69) is 10.6 Å². The molecule has 3 rings (SSSR count). The molecule has 0 aromatic heterocycles. The summed E-state index contributed by atoms with van der Waals surface area (Å²) in [7, 11) is 0. The number of carbonyl (C=O) groups excluding carboxylic acids is 1. The summed E-state index contributed by atoms with van der Waals surface area (Å²) in [5.74, 6) is -0.113. The molecule has 1 unspecified atom stereocenters. The first-order valence-corrected chi connectivity index (χ1v) is 6.94. The van der Waals surface area contributed by atoms with Crippen molar-refractivity contribution in [1.82, 2.24) is 5.32 Å². The number of halogens is 2. The van der Waals surface area contributed by atoms with Crippen LogP contribution in [0.3, 0.4) is 0 Å². The largest absolute Gasteiger partial charge is 0.361 e. The molecule has 1 aliphatic heterocycles. The summed E-state index contributed by atoms with van der Waals surface area (Å²) in [6.45, 7) is 1.96. The Kier molecular flexibility index (Phi) is 3.32. The Morgan fingerprint density at radius 2 is 1.90 bits per heavy atom. The number of aryl methyl sites for hydroxylation is 1. The average molecular weight is 307 g/mol. The topological polar surface area (TPSA) is 41.1 Å². The first kappa shape index (κ1) is 13.3. The van der Waals surface area contributed by atoms with Crippen LogP contribution in [0.5, 0.6) is 0 Å². The molecule has 102 valence electrons. The fourth-order valence-electron chi connectivity index (χ4n) is 2.33. The third-order valence-electron chi connectivity index (χ3n) is 3.36. The molecule has 0 spiro atoms. The van der Waals surface area contributed by atoms with Crippen molar-refractivity contribution < 1.29 is 4.79 Å². The molecule has 0 aliphatic carbocycles. The second-order valence-electron chi connectivity index (χ2n) is 4.71. The van der Waals surface area contributed by atoms with Crippen molar-refractivity contribution in [3.63, 3.8) is 0 Å². The van der Waals surface area contributed by atoms with Gasteiger partial charge in [0.15, 0.2) is 0 Å². The van der Waals surface area contributed by atoms with Crippen LogP contribution in [-0.4, -0.2) is 5.91 Å². The van der Waals surface area contributed by atoms with E-state index in [1.807, 2.05) is 25.1 Å². The zero-order chi connectivity index (χ0) is 14.3. The molecule has 0 saturated heterocycles. The Balaban J connectivity index is 2.03. The van der Waals surface area contributed by atoms with Gasteiger partial charge in [0.25, 0.3) is 5.91 Å². The normalized spacial score (nSPS) is 17.1. The number of benzene rings is 2. The molecule has 0 fully saturated rings. The Bertz CT molecular complexity index is 700. The molecule has 0 radical (unpaired) electrons. The number of hydrogen-bond acceptors (Lipinski definition) is 2. The lowest BCUT2D eigenvalue weighted by Gasteiger charge is -2.29. The van der Waals surface area contributed by atoms with Gasteiger partial charge in [0.2, 0.25) is 0 Å². The Morgan fingerprint density at radius 3 is 2.65 bits per heavy atom. The van der Waals surface area contributed by atoms with Gasteiger partial charge in [-0.15, -0.1) is 0 Å². The van der Waals surface area contributed by atoms with Crippen LogP contribution >= 0.6 is 23.2 Å². The van der Waals surface area contributed by atoms with Gasteiger partial charge < -0.3 is 10.6 Å². The third kappa shape index (κ3) is 2.23. The summed E-state index contributed by atoms with van der Waals surface area (Å²) in [4.78, 5) is 12.2. The molecule has 2 N–H and O–H groups in total. The highest BCUT2D eigenvalue weighted by atomic mass is 35.5. The number of carbonyl (C=O) groups is 1. The summed E-state index contributed by atoms with van der Waals surface area (Å²) in [5, 5.41) is 7.30. The number of anilines is 1. The predicted molar refractivity (Wildman–Crippen MR) is 81.5 cm³/mol. The lowest BCUT2D eigenvalue weighted by molar-refractivity contribution is 0.0935. The van der Waals surface area contributed by atoms with E-state index in [-0.39, 0.29) is 12.1 Å². The Labute approximate surface area is 126 Å². The molecule has 20 heavy (non-hydrogen) atoms. The number of hydrogen-bond donors (Lipinski definition) is 2.